The average Bonchev–Trinajstić information content (AvgIpc) is 3.15. The first-order chi connectivity index (χ1) is 15.8. The summed E-state index contributed by atoms with van der Waals surface area (Å²) in [5.74, 6) is -0.0363. The minimum absolute atomic E-state index is 0.183. The maximum Gasteiger partial charge on any atom is 0.278 e. The molecule has 4 rings (SSSR count). The first-order valence-corrected chi connectivity index (χ1v) is 12.2. The number of rotatable bonds is 6. The molecule has 0 saturated carbocycles. The van der Waals surface area contributed by atoms with E-state index in [1.54, 1.807) is 35.0 Å². The van der Waals surface area contributed by atoms with Crippen molar-refractivity contribution in [1.82, 2.24) is 25.0 Å². The topological polar surface area (TPSA) is 85.6 Å². The van der Waals surface area contributed by atoms with E-state index in [0.29, 0.717) is 38.0 Å². The summed E-state index contributed by atoms with van der Waals surface area (Å²) in [5.41, 5.74) is 3.71. The number of carbonyl (C=O) groups excluding carboxylic acids is 1. The highest BCUT2D eigenvalue weighted by molar-refractivity contribution is 9.10. The average molecular weight is 564 g/mol. The summed E-state index contributed by atoms with van der Waals surface area (Å²) in [7, 11) is 0. The second-order valence-corrected chi connectivity index (χ2v) is 9.84. The van der Waals surface area contributed by atoms with E-state index in [-0.39, 0.29) is 11.6 Å². The van der Waals surface area contributed by atoms with Gasteiger partial charge >= 0.3 is 0 Å². The molecule has 0 unspecified atom stereocenters. The highest BCUT2D eigenvalue weighted by atomic mass is 79.9. The van der Waals surface area contributed by atoms with Gasteiger partial charge in [0.05, 0.1) is 11.4 Å². The molecule has 33 heavy (non-hydrogen) atoms. The zero-order chi connectivity index (χ0) is 23.5. The fourth-order valence-corrected chi connectivity index (χ4v) is 4.98. The summed E-state index contributed by atoms with van der Waals surface area (Å²) in [6.45, 7) is 3.82. The molecular weight excluding hydrogens is 547 g/mol. The van der Waals surface area contributed by atoms with Crippen LogP contribution in [0.2, 0.25) is 10.0 Å². The molecule has 11 heteroatoms. The van der Waals surface area contributed by atoms with Crippen molar-refractivity contribution in [1.29, 1.82) is 0 Å². The van der Waals surface area contributed by atoms with Gasteiger partial charge in [-0.05, 0) is 56.3 Å². The quantitative estimate of drug-likeness (QED) is 0.219. The Kier molecular flexibility index (Phi) is 7.33. The first-order valence-electron chi connectivity index (χ1n) is 9.71. The number of halogens is 3. The summed E-state index contributed by atoms with van der Waals surface area (Å²) in [4.78, 5) is 22.0. The SMILES string of the molecule is Cc1cc(C)nc(SCc2c(C(=O)Nc3cccc(Br)c3)nnn2-c2cc(Cl)cc(Cl)c2)n1. The van der Waals surface area contributed by atoms with Crippen LogP contribution in [0.25, 0.3) is 5.69 Å². The zero-order valence-electron chi connectivity index (χ0n) is 17.5. The van der Waals surface area contributed by atoms with E-state index in [2.05, 4.69) is 41.5 Å². The number of anilines is 1. The number of benzene rings is 2. The molecule has 0 aliphatic carbocycles. The van der Waals surface area contributed by atoms with Crippen molar-refractivity contribution in [3.05, 3.63) is 85.8 Å². The lowest BCUT2D eigenvalue weighted by molar-refractivity contribution is 0.102. The number of hydrogen-bond donors (Lipinski definition) is 1. The second kappa shape index (κ2) is 10.2. The van der Waals surface area contributed by atoms with Crippen LogP contribution >= 0.6 is 50.9 Å². The number of nitrogens with one attached hydrogen (secondary N) is 1. The zero-order valence-corrected chi connectivity index (χ0v) is 21.4. The van der Waals surface area contributed by atoms with E-state index in [1.807, 2.05) is 32.0 Å². The number of carbonyl (C=O) groups is 1. The van der Waals surface area contributed by atoms with Gasteiger partial charge in [0.1, 0.15) is 0 Å². The normalized spacial score (nSPS) is 10.9. The number of nitrogens with zero attached hydrogens (tertiary/aromatic N) is 5. The molecule has 0 fully saturated rings. The van der Waals surface area contributed by atoms with Crippen molar-refractivity contribution in [2.45, 2.75) is 24.8 Å². The van der Waals surface area contributed by atoms with Gasteiger partial charge in [0.2, 0.25) is 0 Å². The minimum atomic E-state index is -0.385. The van der Waals surface area contributed by atoms with Crippen molar-refractivity contribution in [2.24, 2.45) is 0 Å². The molecule has 2 heterocycles. The van der Waals surface area contributed by atoms with Crippen molar-refractivity contribution in [3.63, 3.8) is 0 Å². The first kappa shape index (κ1) is 23.7. The monoisotopic (exact) mass is 562 g/mol. The number of aromatic nitrogens is 5. The highest BCUT2D eigenvalue weighted by Gasteiger charge is 2.22. The van der Waals surface area contributed by atoms with Gasteiger partial charge in [-0.1, -0.05) is 62.2 Å². The van der Waals surface area contributed by atoms with E-state index in [1.165, 1.54) is 11.8 Å². The molecule has 0 aliphatic rings. The van der Waals surface area contributed by atoms with E-state index in [4.69, 9.17) is 23.2 Å². The maximum absolute atomic E-state index is 13.1. The van der Waals surface area contributed by atoms with E-state index < -0.39 is 0 Å². The number of aryl methyl sites for hydroxylation is 2. The molecule has 7 nitrogen and oxygen atoms in total. The lowest BCUT2D eigenvalue weighted by atomic mass is 10.2. The molecule has 1 amide bonds. The highest BCUT2D eigenvalue weighted by Crippen LogP contribution is 2.27. The van der Waals surface area contributed by atoms with E-state index >= 15 is 0 Å². The Balaban J connectivity index is 1.71. The third kappa shape index (κ3) is 5.92. The summed E-state index contributed by atoms with van der Waals surface area (Å²) in [5, 5.41) is 12.8. The van der Waals surface area contributed by atoms with Gasteiger partial charge in [-0.15, -0.1) is 5.10 Å². The Morgan fingerprint density at radius 1 is 1.06 bits per heavy atom. The Labute approximate surface area is 213 Å². The van der Waals surface area contributed by atoms with Gasteiger partial charge < -0.3 is 5.32 Å². The van der Waals surface area contributed by atoms with Crippen molar-refractivity contribution < 1.29 is 4.79 Å². The van der Waals surface area contributed by atoms with Gasteiger partial charge in [0.15, 0.2) is 10.9 Å². The number of amides is 1. The molecule has 2 aromatic carbocycles. The molecule has 1 N–H and O–H groups in total. The van der Waals surface area contributed by atoms with Crippen LogP contribution in [0.4, 0.5) is 5.69 Å². The predicted octanol–water partition coefficient (Wildman–Crippen LogP) is 6.29. The van der Waals surface area contributed by atoms with Crippen LogP contribution in [0.1, 0.15) is 27.6 Å². The van der Waals surface area contributed by atoms with Crippen LogP contribution in [-0.4, -0.2) is 30.9 Å². The molecule has 0 spiro atoms. The minimum Gasteiger partial charge on any atom is -0.320 e. The molecule has 0 aliphatic heterocycles. The van der Waals surface area contributed by atoms with Gasteiger partial charge in [-0.2, -0.15) is 0 Å². The maximum atomic E-state index is 13.1. The third-order valence-corrected chi connectivity index (χ3v) is 6.24. The lowest BCUT2D eigenvalue weighted by Gasteiger charge is -2.10. The fraction of sp³-hybridized carbons (Fsp3) is 0.136. The van der Waals surface area contributed by atoms with Crippen LogP contribution in [0.3, 0.4) is 0 Å². The summed E-state index contributed by atoms with van der Waals surface area (Å²) in [6, 6.07) is 14.2. The van der Waals surface area contributed by atoms with Gasteiger partial charge in [-0.3, -0.25) is 4.79 Å². The molecular formula is C22H17BrCl2N6OS. The number of hydrogen-bond acceptors (Lipinski definition) is 6. The number of thioether (sulfide) groups is 1. The van der Waals surface area contributed by atoms with Crippen molar-refractivity contribution >= 4 is 62.5 Å². The molecule has 0 bridgehead atoms. The summed E-state index contributed by atoms with van der Waals surface area (Å²) >= 11 is 17.2. The van der Waals surface area contributed by atoms with Gasteiger partial charge in [0.25, 0.3) is 5.91 Å². The fourth-order valence-electron chi connectivity index (χ4n) is 3.12. The van der Waals surface area contributed by atoms with Crippen LogP contribution in [0, 0.1) is 13.8 Å². The van der Waals surface area contributed by atoms with Crippen molar-refractivity contribution in [2.75, 3.05) is 5.32 Å². The lowest BCUT2D eigenvalue weighted by Crippen LogP contribution is -2.15. The van der Waals surface area contributed by atoms with Crippen LogP contribution in [0.15, 0.2) is 58.2 Å². The van der Waals surface area contributed by atoms with E-state index in [0.717, 1.165) is 15.9 Å². The molecule has 0 radical (unpaired) electrons. The second-order valence-electron chi connectivity index (χ2n) is 7.11. The molecule has 2 aromatic heterocycles. The summed E-state index contributed by atoms with van der Waals surface area (Å²) < 4.78 is 2.41. The molecule has 4 aromatic rings. The molecule has 168 valence electrons. The standard InChI is InChI=1S/C22H17BrCl2N6OS/c1-12-6-13(2)27-22(26-12)33-11-19-20(21(32)28-17-5-3-4-14(23)7-17)29-30-31(19)18-9-15(24)8-16(25)10-18/h3-10H,11H2,1-2H3,(H,28,32). The predicted molar refractivity (Wildman–Crippen MR) is 135 cm³/mol. The Bertz CT molecular complexity index is 1310. The third-order valence-electron chi connectivity index (χ3n) is 4.45. The Morgan fingerprint density at radius 3 is 2.42 bits per heavy atom. The van der Waals surface area contributed by atoms with Gasteiger partial charge in [-0.25, -0.2) is 14.6 Å². The van der Waals surface area contributed by atoms with Crippen molar-refractivity contribution in [3.8, 4) is 5.69 Å². The smallest absolute Gasteiger partial charge is 0.278 e. The summed E-state index contributed by atoms with van der Waals surface area (Å²) in [6.07, 6.45) is 0. The van der Waals surface area contributed by atoms with Crippen LogP contribution in [-0.2, 0) is 5.75 Å². The molecule has 0 atom stereocenters. The Morgan fingerprint density at radius 2 is 1.76 bits per heavy atom. The largest absolute Gasteiger partial charge is 0.320 e. The van der Waals surface area contributed by atoms with Crippen LogP contribution in [0.5, 0.6) is 0 Å². The molecule has 0 saturated heterocycles. The van der Waals surface area contributed by atoms with E-state index in [9.17, 15) is 4.79 Å². The Hall–Kier alpha value is -2.46. The van der Waals surface area contributed by atoms with Gasteiger partial charge in [0, 0.05) is 37.3 Å². The van der Waals surface area contributed by atoms with Crippen LogP contribution < -0.4 is 5.32 Å².